The molecule has 2 unspecified atom stereocenters. The zero-order valence-electron chi connectivity index (χ0n) is 11.7. The average Bonchev–Trinajstić information content (AvgIpc) is 2.36. The predicted molar refractivity (Wildman–Crippen MR) is 77.9 cm³/mol. The second-order valence-electron chi connectivity index (χ2n) is 4.37. The number of carbonyl (C=O) groups is 1. The van der Waals surface area contributed by atoms with Crippen LogP contribution in [0.2, 0.25) is 0 Å². The largest absolute Gasteiger partial charge is 0.462 e. The summed E-state index contributed by atoms with van der Waals surface area (Å²) in [7, 11) is -3.29. The van der Waals surface area contributed by atoms with Gasteiger partial charge in [-0.2, -0.15) is 0 Å². The predicted octanol–water partition coefficient (Wildman–Crippen LogP) is 1.39. The summed E-state index contributed by atoms with van der Waals surface area (Å²) in [5.74, 6) is -1.16. The quantitative estimate of drug-likeness (QED) is 0.443. The number of esters is 1. The first-order valence-electron chi connectivity index (χ1n) is 5.92. The van der Waals surface area contributed by atoms with Gasteiger partial charge in [-0.1, -0.05) is 0 Å². The van der Waals surface area contributed by atoms with Crippen LogP contribution in [-0.2, 0) is 31.1 Å². The van der Waals surface area contributed by atoms with Crippen molar-refractivity contribution in [2.24, 2.45) is 0 Å². The fourth-order valence-corrected chi connectivity index (χ4v) is 3.05. The molecule has 0 aliphatic carbocycles. The van der Waals surface area contributed by atoms with Crippen molar-refractivity contribution in [2.45, 2.75) is 29.7 Å². The lowest BCUT2D eigenvalue weighted by molar-refractivity contribution is -0.388. The fourth-order valence-electron chi connectivity index (χ4n) is 1.49. The Morgan fingerprint density at radius 3 is 2.48 bits per heavy atom. The maximum Gasteiger partial charge on any atom is 0.319 e. The Kier molecular flexibility index (Phi) is 6.16. The smallest absolute Gasteiger partial charge is 0.319 e. The van der Waals surface area contributed by atoms with Crippen molar-refractivity contribution in [1.29, 1.82) is 0 Å². The van der Waals surface area contributed by atoms with E-state index in [1.54, 1.807) is 13.8 Å². The van der Waals surface area contributed by atoms with Gasteiger partial charge >= 0.3 is 5.97 Å². The van der Waals surface area contributed by atoms with Gasteiger partial charge in [-0.15, -0.1) is 0 Å². The molecule has 0 aromatic heterocycles. The summed E-state index contributed by atoms with van der Waals surface area (Å²) in [5.41, 5.74) is -0.418. The lowest BCUT2D eigenvalue weighted by atomic mass is 10.3. The maximum absolute atomic E-state index is 12.1. The first kappa shape index (κ1) is 17.4. The topological polar surface area (TPSA) is 104 Å². The molecule has 21 heavy (non-hydrogen) atoms. The Hall–Kier alpha value is -1.61. The summed E-state index contributed by atoms with van der Waals surface area (Å²) >= 11 is 0. The van der Waals surface area contributed by atoms with Gasteiger partial charge in [0.05, 0.1) is 32.6 Å². The molecule has 0 radical (unpaired) electrons. The second kappa shape index (κ2) is 7.41. The minimum absolute atomic E-state index is 0.0880. The highest BCUT2D eigenvalue weighted by Crippen LogP contribution is 2.25. The molecule has 1 aromatic carbocycles. The van der Waals surface area contributed by atoms with Gasteiger partial charge in [0, 0.05) is 17.2 Å². The van der Waals surface area contributed by atoms with E-state index >= 15 is 0 Å². The number of hydrogen-bond acceptors (Lipinski definition) is 6. The maximum atomic E-state index is 12.1. The molecule has 0 heterocycles. The van der Waals surface area contributed by atoms with Gasteiger partial charge in [0.2, 0.25) is 0 Å². The van der Waals surface area contributed by atoms with Crippen LogP contribution in [0, 0.1) is 10.1 Å². The van der Waals surface area contributed by atoms with E-state index in [0.29, 0.717) is 0 Å². The molecule has 7 nitrogen and oxygen atoms in total. The van der Waals surface area contributed by atoms with E-state index in [0.717, 1.165) is 6.07 Å². The summed E-state index contributed by atoms with van der Waals surface area (Å²) < 4.78 is 28.3. The molecule has 1 aromatic rings. The lowest BCUT2D eigenvalue weighted by Crippen LogP contribution is -2.18. The molecule has 0 N–H and O–H groups in total. The van der Waals surface area contributed by atoms with Crippen molar-refractivity contribution in [2.75, 3.05) is 12.0 Å². The molecule has 0 spiro atoms. The van der Waals surface area contributed by atoms with Crippen molar-refractivity contribution >= 4 is 33.3 Å². The van der Waals surface area contributed by atoms with Crippen molar-refractivity contribution in [3.05, 3.63) is 28.3 Å². The van der Waals surface area contributed by atoms with Crippen LogP contribution in [-0.4, -0.2) is 37.4 Å². The Labute approximate surface area is 126 Å². The van der Waals surface area contributed by atoms with Crippen LogP contribution in [0.3, 0.4) is 0 Å². The van der Waals surface area contributed by atoms with E-state index in [1.807, 2.05) is 0 Å². The first-order chi connectivity index (χ1) is 9.72. The van der Waals surface area contributed by atoms with Gasteiger partial charge < -0.3 is 4.74 Å². The molecule has 0 saturated heterocycles. The highest BCUT2D eigenvalue weighted by Gasteiger charge is 2.23. The second-order valence-corrected chi connectivity index (χ2v) is 7.17. The molecule has 0 saturated carbocycles. The highest BCUT2D eigenvalue weighted by atomic mass is 32.2. The molecule has 116 valence electrons. The lowest BCUT2D eigenvalue weighted by Gasteiger charge is -2.08. The summed E-state index contributed by atoms with van der Waals surface area (Å²) in [6.45, 7) is 3.29. The minimum atomic E-state index is -1.90. The van der Waals surface area contributed by atoms with Gasteiger partial charge in [-0.05, 0) is 26.0 Å². The van der Waals surface area contributed by atoms with E-state index in [4.69, 9.17) is 4.74 Å². The van der Waals surface area contributed by atoms with Crippen molar-refractivity contribution in [3.8, 4) is 0 Å². The third-order valence-corrected chi connectivity index (χ3v) is 4.57. The normalized spacial score (nSPS) is 13.7. The van der Waals surface area contributed by atoms with E-state index in [2.05, 4.69) is 0 Å². The molecule has 0 bridgehead atoms. The van der Waals surface area contributed by atoms with Gasteiger partial charge in [0.15, 0.2) is 0 Å². The van der Waals surface area contributed by atoms with E-state index < -0.39 is 43.9 Å². The molecule has 9 heteroatoms. The molecule has 0 aliphatic heterocycles. The zero-order chi connectivity index (χ0) is 16.2. The van der Waals surface area contributed by atoms with Crippen molar-refractivity contribution < 1.29 is 22.9 Å². The Morgan fingerprint density at radius 2 is 2.00 bits per heavy atom. The number of nitro groups is 1. The van der Waals surface area contributed by atoms with Crippen LogP contribution in [0.1, 0.15) is 13.8 Å². The Balaban J connectivity index is 3.06. The number of rotatable bonds is 6. The molecular weight excluding hydrogens is 318 g/mol. The molecule has 2 atom stereocenters. The van der Waals surface area contributed by atoms with Crippen LogP contribution < -0.4 is 0 Å². The summed E-state index contributed by atoms with van der Waals surface area (Å²) in [6.07, 6.45) is 1.03. The number of ether oxygens (including phenoxy) is 1. The molecule has 0 fully saturated rings. The van der Waals surface area contributed by atoms with Crippen LogP contribution in [0.5, 0.6) is 0 Å². The van der Waals surface area contributed by atoms with E-state index in [1.165, 1.54) is 18.4 Å². The minimum Gasteiger partial charge on any atom is -0.462 e. The zero-order valence-corrected chi connectivity index (χ0v) is 13.4. The SMILES string of the molecule is CC(C)OC(=O)CS(=O)c1ccc(S(C)=O)cc1[N+](=O)[O-]. The van der Waals surface area contributed by atoms with E-state index in [-0.39, 0.29) is 15.9 Å². The molecular formula is C12H15NO6S2. The number of nitrogens with zero attached hydrogens (tertiary/aromatic N) is 1. The fraction of sp³-hybridized carbons (Fsp3) is 0.417. The average molecular weight is 333 g/mol. The van der Waals surface area contributed by atoms with Crippen molar-refractivity contribution in [1.82, 2.24) is 0 Å². The number of benzene rings is 1. The van der Waals surface area contributed by atoms with Crippen LogP contribution >= 0.6 is 0 Å². The van der Waals surface area contributed by atoms with Gasteiger partial charge in [-0.25, -0.2) is 0 Å². The monoisotopic (exact) mass is 333 g/mol. The number of hydrogen-bond donors (Lipinski definition) is 0. The molecule has 0 aliphatic rings. The Morgan fingerprint density at radius 1 is 1.38 bits per heavy atom. The summed E-state index contributed by atoms with van der Waals surface area (Å²) in [5, 5.41) is 11.0. The number of nitro benzene ring substituents is 1. The van der Waals surface area contributed by atoms with Crippen molar-refractivity contribution in [3.63, 3.8) is 0 Å². The molecule has 1 rings (SSSR count). The van der Waals surface area contributed by atoms with Gasteiger partial charge in [0.1, 0.15) is 10.6 Å². The van der Waals surface area contributed by atoms with Crippen LogP contribution in [0.15, 0.2) is 28.0 Å². The van der Waals surface area contributed by atoms with E-state index in [9.17, 15) is 23.3 Å². The highest BCUT2D eigenvalue weighted by molar-refractivity contribution is 7.86. The van der Waals surface area contributed by atoms with Crippen LogP contribution in [0.4, 0.5) is 5.69 Å². The number of carbonyl (C=O) groups excluding carboxylic acids is 1. The van der Waals surface area contributed by atoms with Crippen LogP contribution in [0.25, 0.3) is 0 Å². The summed E-state index contributed by atoms with van der Waals surface area (Å²) in [4.78, 5) is 21.9. The first-order valence-corrected chi connectivity index (χ1v) is 8.79. The molecule has 0 amide bonds. The Bertz CT molecular complexity index is 614. The summed E-state index contributed by atoms with van der Waals surface area (Å²) in [6, 6.07) is 3.76. The van der Waals surface area contributed by atoms with Gasteiger partial charge in [-0.3, -0.25) is 23.3 Å². The third-order valence-electron chi connectivity index (χ3n) is 2.32. The standard InChI is InChI=1S/C12H15NO6S2/c1-8(2)19-12(14)7-21(18)11-5-4-9(20(3)17)6-10(11)13(15)16/h4-6,8H,7H2,1-3H3. The van der Waals surface area contributed by atoms with Gasteiger partial charge in [0.25, 0.3) is 5.69 Å². The third kappa shape index (κ3) is 5.01.